The Morgan fingerprint density at radius 3 is 1.51 bits per heavy atom. The van der Waals surface area contributed by atoms with Crippen molar-refractivity contribution in [3.8, 4) is 5.75 Å². The fraction of sp³-hybridized carbons (Fsp3) is 0.468. The summed E-state index contributed by atoms with van der Waals surface area (Å²) < 4.78 is 0. The number of hydrogen-bond acceptors (Lipinski definition) is 19. The van der Waals surface area contributed by atoms with E-state index in [4.69, 9.17) is 22.6 Å². The smallest absolute Gasteiger partial charge is 0.326 e. The van der Waals surface area contributed by atoms with Crippen LogP contribution in [-0.4, -0.2) is 225 Å². The SMILES string of the molecule is CC(C)C[C@H](NC(=O)[C@H](Cc1cnc[nH]1)NC(=O)[C@@H](N)Cc1cnc[nH]1)C(=O)N[C@@H](CC(N)=O)C(=O)N[C@@H](Cc1ccc(O)cc1)C(=O)N[C@@H](CC(C)C)C(=O)N[C@@H](Cc1c[nH]c2ccccc12)C(=O)N1CCC[C@H]1C(=O)N[C@@H](Cc1c[nH]c2ccccc12)C(=O)N[C@H](C(=O)N[C@@H](CCCNC(=N)N)C(=O)N[C@H](C(=O)O)C(C)C)[C@@H](C)O. The molecule has 1 aliphatic heterocycles. The lowest BCUT2D eigenvalue weighted by molar-refractivity contribution is -0.144. The van der Waals surface area contributed by atoms with Crippen molar-refractivity contribution < 1.29 is 77.6 Å². The molecule has 38 nitrogen and oxygen atoms in total. The van der Waals surface area contributed by atoms with Gasteiger partial charge >= 0.3 is 5.97 Å². The van der Waals surface area contributed by atoms with E-state index in [0.717, 1.165) is 0 Å². The van der Waals surface area contributed by atoms with E-state index in [2.05, 4.69) is 88.4 Å². The maximum atomic E-state index is 15.7. The third-order valence-electron chi connectivity index (χ3n) is 19.9. The zero-order valence-electron chi connectivity index (χ0n) is 66.3. The Morgan fingerprint density at radius 2 is 0.991 bits per heavy atom. The lowest BCUT2D eigenvalue weighted by atomic mass is 9.99. The van der Waals surface area contributed by atoms with E-state index in [1.807, 2.05) is 0 Å². The summed E-state index contributed by atoms with van der Waals surface area (Å²) in [6, 6.07) is 2.11. The number of carboxylic acids is 1. The van der Waals surface area contributed by atoms with Crippen molar-refractivity contribution >= 4 is 105 Å². The number of imidazole rings is 2. The Bertz CT molecular complexity index is 4600. The monoisotopic (exact) mass is 1620 g/mol. The van der Waals surface area contributed by atoms with Crippen molar-refractivity contribution in [2.24, 2.45) is 35.0 Å². The van der Waals surface area contributed by atoms with Crippen LogP contribution in [0.15, 0.2) is 110 Å². The predicted octanol–water partition coefficient (Wildman–Crippen LogP) is -1.17. The molecule has 0 aliphatic carbocycles. The maximum Gasteiger partial charge on any atom is 0.326 e. The summed E-state index contributed by atoms with van der Waals surface area (Å²) in [4.78, 5) is 208. The normalized spacial score (nSPS) is 15.8. The van der Waals surface area contributed by atoms with Gasteiger partial charge in [-0.3, -0.25) is 62.9 Å². The number of phenolic OH excluding ortho intramolecular Hbond substituents is 1. The molecule has 1 saturated heterocycles. The number of primary amides is 1. The largest absolute Gasteiger partial charge is 0.508 e. The molecule has 8 rings (SSSR count). The van der Waals surface area contributed by atoms with Gasteiger partial charge in [-0.15, -0.1) is 0 Å². The number of aliphatic hydroxyl groups is 1. The van der Waals surface area contributed by atoms with E-state index in [0.29, 0.717) is 49.9 Å². The Balaban J connectivity index is 1.04. The Kier molecular flexibility index (Phi) is 32.7. The minimum absolute atomic E-state index is 0.0314. The number of phenols is 1. The van der Waals surface area contributed by atoms with Gasteiger partial charge < -0.3 is 116 Å². The molecule has 117 heavy (non-hydrogen) atoms. The highest BCUT2D eigenvalue weighted by atomic mass is 16.4. The van der Waals surface area contributed by atoms with Crippen LogP contribution in [0.5, 0.6) is 5.75 Å². The number of aliphatic hydroxyl groups excluding tert-OH is 1. The van der Waals surface area contributed by atoms with Crippen LogP contribution in [-0.2, 0) is 94.4 Å². The Morgan fingerprint density at radius 1 is 0.530 bits per heavy atom. The molecule has 38 heteroatoms. The van der Waals surface area contributed by atoms with Gasteiger partial charge in [-0.2, -0.15) is 0 Å². The second kappa shape index (κ2) is 42.6. The summed E-state index contributed by atoms with van der Waals surface area (Å²) in [6.45, 7) is 11.4. The molecular weight excluding hydrogens is 1510 g/mol. The topological polar surface area (TPSA) is 609 Å². The summed E-state index contributed by atoms with van der Waals surface area (Å²) in [5.74, 6) is -14.1. The number of nitrogens with two attached hydrogens (primary N) is 3. The number of fused-ring (bicyclic) bond motifs is 2. The van der Waals surface area contributed by atoms with E-state index in [9.17, 15) is 58.5 Å². The Labute approximate surface area is 674 Å². The first kappa shape index (κ1) is 89.8. The number of carbonyl (C=O) groups excluding carboxylic acids is 12. The third kappa shape index (κ3) is 26.4. The number of amides is 12. The van der Waals surface area contributed by atoms with E-state index in [1.54, 1.807) is 102 Å². The van der Waals surface area contributed by atoms with Crippen LogP contribution >= 0.6 is 0 Å². The molecule has 7 aromatic rings. The van der Waals surface area contributed by atoms with Crippen LogP contribution in [0.1, 0.15) is 121 Å². The third-order valence-corrected chi connectivity index (χ3v) is 19.9. The molecule has 5 heterocycles. The first-order valence-electron chi connectivity index (χ1n) is 38.8. The number of carboxylic acid groups (broad SMARTS) is 1. The van der Waals surface area contributed by atoms with Crippen LogP contribution in [0.3, 0.4) is 0 Å². The highest BCUT2D eigenvalue weighted by Crippen LogP contribution is 2.26. The molecule has 3 aromatic carbocycles. The van der Waals surface area contributed by atoms with Gasteiger partial charge in [0.1, 0.15) is 72.2 Å². The van der Waals surface area contributed by atoms with Crippen molar-refractivity contribution in [2.75, 3.05) is 13.1 Å². The molecule has 1 aliphatic rings. The van der Waals surface area contributed by atoms with Gasteiger partial charge in [0.05, 0.1) is 31.2 Å². The van der Waals surface area contributed by atoms with Crippen molar-refractivity contribution in [3.05, 3.63) is 138 Å². The quantitative estimate of drug-likeness (QED) is 0.0122. The van der Waals surface area contributed by atoms with E-state index in [-0.39, 0.29) is 107 Å². The van der Waals surface area contributed by atoms with E-state index < -0.39 is 168 Å². The zero-order chi connectivity index (χ0) is 85.3. The number of hydrogen-bond donors (Lipinski definition) is 22. The number of guanidine groups is 1. The summed E-state index contributed by atoms with van der Waals surface area (Å²) in [5.41, 5.74) is 21.2. The van der Waals surface area contributed by atoms with Crippen molar-refractivity contribution in [1.29, 1.82) is 5.41 Å². The molecule has 4 aromatic heterocycles. The summed E-state index contributed by atoms with van der Waals surface area (Å²) in [7, 11) is 0. The van der Waals surface area contributed by atoms with Gasteiger partial charge in [-0.05, 0) is 104 Å². The molecule has 0 spiro atoms. The maximum absolute atomic E-state index is 15.7. The average molecular weight is 1620 g/mol. The number of rotatable bonds is 44. The number of nitrogens with one attached hydrogen (secondary N) is 16. The van der Waals surface area contributed by atoms with Gasteiger partial charge in [0, 0.05) is 103 Å². The van der Waals surface area contributed by atoms with Gasteiger partial charge in [0.15, 0.2) is 5.96 Å². The second-order valence-corrected chi connectivity index (χ2v) is 30.6. The van der Waals surface area contributed by atoms with Gasteiger partial charge in [-0.25, -0.2) is 14.8 Å². The standard InChI is InChI=1S/C79H108N22O16/c1-40(2)26-56(94-72(110)60(32-48-37-85-39-90-48)92-67(105)52(80)31-47-36-84-38-89-47)69(107)96-61(33-64(81)104)73(111)95-58(28-44-20-22-49(103)23-21-44)71(109)93-57(27-41(3)4)70(108)98-62(30-46-35-88-54-17-11-9-15-51(46)54)77(115)101-25-13-19-63(101)75(113)97-59(29-45-34-87-53-16-10-8-14-50(45)53)74(112)100-66(43(7)102)76(114)91-55(18-12-24-86-79(82)83)68(106)99-65(42(5)6)78(116)117/h8-11,14-17,20-23,34-43,52,55-63,65-66,87-88,102-103H,12-13,18-19,24-33,80H2,1-7H3,(H2,81,104)(H,84,89)(H,85,90)(H,91,114)(H,92,105)(H,93,109)(H,94,110)(H,95,111)(H,96,107)(H,97,113)(H,98,108)(H,99,106)(H,100,112)(H,116,117)(H4,82,83,86)/t43-,52+,55+,56+,57+,58+,59+,60+,61+,62+,63+,65+,66+/m1/s1. The molecule has 12 amide bonds. The molecule has 13 atom stereocenters. The summed E-state index contributed by atoms with van der Waals surface area (Å²) in [6.07, 6.45) is 5.86. The first-order valence-corrected chi connectivity index (χ1v) is 38.8. The fourth-order valence-corrected chi connectivity index (χ4v) is 13.8. The Hall–Kier alpha value is -12.7. The zero-order valence-corrected chi connectivity index (χ0v) is 66.3. The highest BCUT2D eigenvalue weighted by molar-refractivity contribution is 6.01. The van der Waals surface area contributed by atoms with Crippen LogP contribution in [0.4, 0.5) is 0 Å². The fourth-order valence-electron chi connectivity index (χ4n) is 13.8. The average Bonchev–Trinajstić information content (AvgIpc) is 1.69. The molecular formula is C79H108N22O16. The number of carbonyl (C=O) groups is 13. The number of likely N-dealkylation sites (tertiary alicyclic amines) is 1. The predicted molar refractivity (Wildman–Crippen MR) is 428 cm³/mol. The van der Waals surface area contributed by atoms with Crippen LogP contribution < -0.4 is 75.7 Å². The lowest BCUT2D eigenvalue weighted by Crippen LogP contribution is -2.62. The summed E-state index contributed by atoms with van der Waals surface area (Å²) >= 11 is 0. The van der Waals surface area contributed by atoms with Crippen LogP contribution in [0, 0.1) is 23.2 Å². The molecule has 0 unspecified atom stereocenters. The molecule has 0 bridgehead atoms. The number of H-pyrrole nitrogens is 4. The molecule has 0 radical (unpaired) electrons. The number of nitrogens with zero attached hydrogens (tertiary/aromatic N) is 3. The van der Waals surface area contributed by atoms with Crippen LogP contribution in [0.2, 0.25) is 0 Å². The number of aromatic amines is 4. The molecule has 1 fully saturated rings. The molecule has 630 valence electrons. The number of aromatic hydroxyl groups is 1. The second-order valence-electron chi connectivity index (χ2n) is 30.6. The molecule has 0 saturated carbocycles. The van der Waals surface area contributed by atoms with E-state index >= 15 is 19.2 Å². The van der Waals surface area contributed by atoms with Crippen molar-refractivity contribution in [2.45, 2.75) is 204 Å². The number of para-hydroxylation sites is 2. The highest BCUT2D eigenvalue weighted by Gasteiger charge is 2.43. The van der Waals surface area contributed by atoms with Crippen molar-refractivity contribution in [1.82, 2.24) is 93.3 Å². The minimum atomic E-state index is -1.81. The molecule has 25 N–H and O–H groups in total. The number of benzene rings is 3. The minimum Gasteiger partial charge on any atom is -0.508 e. The summed E-state index contributed by atoms with van der Waals surface area (Å²) in [5, 5.41) is 69.4. The first-order chi connectivity index (χ1) is 55.6. The van der Waals surface area contributed by atoms with Gasteiger partial charge in [-0.1, -0.05) is 90.1 Å². The van der Waals surface area contributed by atoms with Crippen LogP contribution in [0.25, 0.3) is 21.8 Å². The number of aromatic nitrogens is 6. The lowest BCUT2D eigenvalue weighted by Gasteiger charge is -2.31. The van der Waals surface area contributed by atoms with E-state index in [1.165, 1.54) is 61.1 Å². The van der Waals surface area contributed by atoms with Gasteiger partial charge in [0.2, 0.25) is 70.9 Å². The van der Waals surface area contributed by atoms with Crippen molar-refractivity contribution in [3.63, 3.8) is 0 Å². The van der Waals surface area contributed by atoms with Gasteiger partial charge in [0.25, 0.3) is 0 Å². The number of aliphatic carboxylic acids is 1.